The molecule has 4 nitrogen and oxygen atoms in total. The third kappa shape index (κ3) is 3.35. The largest absolute Gasteiger partial charge is 0.491 e. The maximum Gasteiger partial charge on any atom is 0.213 e. The summed E-state index contributed by atoms with van der Waals surface area (Å²) in [5.41, 5.74) is 2.40. The molecule has 20 heavy (non-hydrogen) atoms. The minimum absolute atomic E-state index is 0.0525. The smallest absolute Gasteiger partial charge is 0.213 e. The number of hydrogen-bond acceptors (Lipinski definition) is 4. The monoisotopic (exact) mass is 271 g/mol. The van der Waals surface area contributed by atoms with Gasteiger partial charge in [0.05, 0.1) is 13.2 Å². The molecule has 0 radical (unpaired) electrons. The molecule has 104 valence electrons. The van der Waals surface area contributed by atoms with Crippen molar-refractivity contribution in [2.24, 2.45) is 0 Å². The predicted octanol–water partition coefficient (Wildman–Crippen LogP) is 3.36. The molecule has 0 fully saturated rings. The molecule has 0 aliphatic carbocycles. The summed E-state index contributed by atoms with van der Waals surface area (Å²) in [6.07, 6.45) is 2.54. The van der Waals surface area contributed by atoms with Gasteiger partial charge in [0.2, 0.25) is 5.88 Å². The molecule has 1 heterocycles. The van der Waals surface area contributed by atoms with Crippen LogP contribution in [0.5, 0.6) is 11.6 Å². The Bertz CT molecular complexity index is 608. The first-order chi connectivity index (χ1) is 9.62. The number of aldehydes is 1. The van der Waals surface area contributed by atoms with Crippen molar-refractivity contribution in [3.63, 3.8) is 0 Å². The van der Waals surface area contributed by atoms with Crippen molar-refractivity contribution >= 4 is 6.29 Å². The lowest BCUT2D eigenvalue weighted by molar-refractivity contribution is 0.112. The molecule has 0 aliphatic rings. The van der Waals surface area contributed by atoms with Crippen LogP contribution in [0.25, 0.3) is 11.1 Å². The molecular weight excluding hydrogens is 254 g/mol. The fourth-order valence-electron chi connectivity index (χ4n) is 1.90. The Morgan fingerprint density at radius 1 is 1.15 bits per heavy atom. The highest BCUT2D eigenvalue weighted by Gasteiger charge is 2.07. The quantitative estimate of drug-likeness (QED) is 0.782. The van der Waals surface area contributed by atoms with E-state index in [0.717, 1.165) is 17.4 Å². The van der Waals surface area contributed by atoms with Crippen LogP contribution < -0.4 is 9.47 Å². The van der Waals surface area contributed by atoms with Crippen molar-refractivity contribution in [2.45, 2.75) is 20.0 Å². The van der Waals surface area contributed by atoms with Crippen LogP contribution in [0, 0.1) is 0 Å². The second-order valence-corrected chi connectivity index (χ2v) is 4.66. The number of ether oxygens (including phenoxy) is 2. The van der Waals surface area contributed by atoms with Crippen LogP contribution >= 0.6 is 0 Å². The normalized spacial score (nSPS) is 10.4. The van der Waals surface area contributed by atoms with Gasteiger partial charge < -0.3 is 9.47 Å². The average Bonchev–Trinajstić information content (AvgIpc) is 2.46. The molecular formula is C16H17NO3. The van der Waals surface area contributed by atoms with Gasteiger partial charge in [0.1, 0.15) is 12.0 Å². The van der Waals surface area contributed by atoms with Gasteiger partial charge in [-0.3, -0.25) is 4.79 Å². The van der Waals surface area contributed by atoms with E-state index in [1.165, 1.54) is 0 Å². The maximum atomic E-state index is 11.1. The number of rotatable bonds is 5. The Balaban J connectivity index is 2.46. The van der Waals surface area contributed by atoms with E-state index in [2.05, 4.69) is 4.98 Å². The van der Waals surface area contributed by atoms with Crippen LogP contribution in [-0.4, -0.2) is 24.5 Å². The van der Waals surface area contributed by atoms with E-state index in [-0.39, 0.29) is 6.10 Å². The molecule has 1 aromatic carbocycles. The third-order valence-corrected chi connectivity index (χ3v) is 2.71. The number of hydrogen-bond donors (Lipinski definition) is 0. The fraction of sp³-hybridized carbons (Fsp3) is 0.250. The summed E-state index contributed by atoms with van der Waals surface area (Å²) >= 11 is 0. The number of nitrogens with zero attached hydrogens (tertiary/aromatic N) is 1. The number of pyridine rings is 1. The average molecular weight is 271 g/mol. The Morgan fingerprint density at radius 3 is 2.60 bits per heavy atom. The van der Waals surface area contributed by atoms with Gasteiger partial charge in [0.15, 0.2) is 0 Å². The van der Waals surface area contributed by atoms with Gasteiger partial charge in [-0.1, -0.05) is 0 Å². The Morgan fingerprint density at radius 2 is 1.95 bits per heavy atom. The summed E-state index contributed by atoms with van der Waals surface area (Å²) in [6, 6.07) is 9.14. The van der Waals surface area contributed by atoms with Crippen LogP contribution in [0.4, 0.5) is 0 Å². The lowest BCUT2D eigenvalue weighted by Crippen LogP contribution is -2.05. The molecule has 0 atom stereocenters. The zero-order valence-corrected chi connectivity index (χ0v) is 11.8. The van der Waals surface area contributed by atoms with Crippen LogP contribution in [0.3, 0.4) is 0 Å². The number of benzene rings is 1. The predicted molar refractivity (Wildman–Crippen MR) is 77.4 cm³/mol. The highest BCUT2D eigenvalue weighted by molar-refractivity contribution is 5.80. The lowest BCUT2D eigenvalue weighted by Gasteiger charge is -2.12. The second-order valence-electron chi connectivity index (χ2n) is 4.66. The molecule has 0 amide bonds. The molecule has 0 spiro atoms. The minimum atomic E-state index is 0.0525. The topological polar surface area (TPSA) is 48.4 Å². The van der Waals surface area contributed by atoms with Crippen molar-refractivity contribution in [1.29, 1.82) is 0 Å². The second kappa shape index (κ2) is 6.19. The van der Waals surface area contributed by atoms with Gasteiger partial charge in [-0.15, -0.1) is 0 Å². The highest BCUT2D eigenvalue weighted by Crippen LogP contribution is 2.27. The highest BCUT2D eigenvalue weighted by atomic mass is 16.5. The summed E-state index contributed by atoms with van der Waals surface area (Å²) < 4.78 is 10.8. The van der Waals surface area contributed by atoms with Crippen molar-refractivity contribution in [1.82, 2.24) is 4.98 Å². The Labute approximate surface area is 118 Å². The number of carbonyl (C=O) groups excluding carboxylic acids is 1. The summed E-state index contributed by atoms with van der Waals surface area (Å²) in [5.74, 6) is 1.21. The van der Waals surface area contributed by atoms with E-state index in [1.807, 2.05) is 38.1 Å². The molecule has 0 unspecified atom stereocenters. The van der Waals surface area contributed by atoms with Gasteiger partial charge >= 0.3 is 0 Å². The summed E-state index contributed by atoms with van der Waals surface area (Å²) in [5, 5.41) is 0. The van der Waals surface area contributed by atoms with Crippen molar-refractivity contribution in [3.05, 3.63) is 42.1 Å². The number of carbonyl (C=O) groups is 1. The zero-order chi connectivity index (χ0) is 14.5. The Kier molecular flexibility index (Phi) is 4.35. The van der Waals surface area contributed by atoms with E-state index in [9.17, 15) is 4.79 Å². The van der Waals surface area contributed by atoms with Gasteiger partial charge in [-0.25, -0.2) is 4.98 Å². The van der Waals surface area contributed by atoms with Gasteiger partial charge in [0.25, 0.3) is 0 Å². The summed E-state index contributed by atoms with van der Waals surface area (Å²) in [4.78, 5) is 15.1. The van der Waals surface area contributed by atoms with Crippen LogP contribution in [-0.2, 0) is 0 Å². The van der Waals surface area contributed by atoms with E-state index in [1.54, 1.807) is 19.4 Å². The van der Waals surface area contributed by atoms with Gasteiger partial charge in [-0.2, -0.15) is 0 Å². The van der Waals surface area contributed by atoms with Gasteiger partial charge in [-0.05, 0) is 49.2 Å². The van der Waals surface area contributed by atoms with Crippen molar-refractivity contribution in [3.8, 4) is 22.8 Å². The molecule has 2 rings (SSSR count). The van der Waals surface area contributed by atoms with Crippen LogP contribution in [0.1, 0.15) is 24.2 Å². The maximum absolute atomic E-state index is 11.1. The standard InChI is InChI=1S/C16H17NO3/c1-11(2)20-15-7-12(10-18)6-14(8-15)13-4-5-17-16(9-13)19-3/h4-11H,1-3H3. The van der Waals surface area contributed by atoms with Crippen LogP contribution in [0.2, 0.25) is 0 Å². The first kappa shape index (κ1) is 14.1. The SMILES string of the molecule is COc1cc(-c2cc(C=O)cc(OC(C)C)c2)ccn1. The molecule has 1 aromatic heterocycles. The zero-order valence-electron chi connectivity index (χ0n) is 11.8. The molecule has 0 saturated heterocycles. The molecule has 0 N–H and O–H groups in total. The summed E-state index contributed by atoms with van der Waals surface area (Å²) in [7, 11) is 1.57. The van der Waals surface area contributed by atoms with E-state index in [4.69, 9.17) is 9.47 Å². The number of aromatic nitrogens is 1. The first-order valence-corrected chi connectivity index (χ1v) is 6.39. The van der Waals surface area contributed by atoms with E-state index >= 15 is 0 Å². The molecule has 0 aliphatic heterocycles. The molecule has 4 heteroatoms. The van der Waals surface area contributed by atoms with E-state index < -0.39 is 0 Å². The molecule has 2 aromatic rings. The van der Waals surface area contributed by atoms with E-state index in [0.29, 0.717) is 17.2 Å². The van der Waals surface area contributed by atoms with Crippen LogP contribution in [0.15, 0.2) is 36.5 Å². The molecule has 0 saturated carbocycles. The van der Waals surface area contributed by atoms with Gasteiger partial charge in [0, 0.05) is 17.8 Å². The first-order valence-electron chi connectivity index (χ1n) is 6.39. The fourth-order valence-corrected chi connectivity index (χ4v) is 1.90. The van der Waals surface area contributed by atoms with Crippen molar-refractivity contribution in [2.75, 3.05) is 7.11 Å². The summed E-state index contributed by atoms with van der Waals surface area (Å²) in [6.45, 7) is 3.89. The molecule has 0 bridgehead atoms. The van der Waals surface area contributed by atoms with Crippen molar-refractivity contribution < 1.29 is 14.3 Å². The lowest BCUT2D eigenvalue weighted by atomic mass is 10.0. The number of methoxy groups -OCH3 is 1. The Hall–Kier alpha value is -2.36. The third-order valence-electron chi connectivity index (χ3n) is 2.71. The minimum Gasteiger partial charge on any atom is -0.491 e.